The highest BCUT2D eigenvalue weighted by Gasteiger charge is 2.25. The second-order valence-corrected chi connectivity index (χ2v) is 9.85. The summed E-state index contributed by atoms with van der Waals surface area (Å²) in [4.78, 5) is 16.3. The molecule has 0 saturated carbocycles. The van der Waals surface area contributed by atoms with Crippen LogP contribution in [0.15, 0.2) is 33.6 Å². The van der Waals surface area contributed by atoms with E-state index in [9.17, 15) is 4.79 Å². The number of nitrogens with zero attached hydrogens (tertiary/aromatic N) is 1. The van der Waals surface area contributed by atoms with Gasteiger partial charge in [-0.15, -0.1) is 11.8 Å². The van der Waals surface area contributed by atoms with Crippen molar-refractivity contribution in [1.29, 1.82) is 0 Å². The van der Waals surface area contributed by atoms with Crippen LogP contribution in [0.3, 0.4) is 0 Å². The first-order valence-corrected chi connectivity index (χ1v) is 11.4. The number of carbonyl (C=O) groups excluding carboxylic acids is 1. The van der Waals surface area contributed by atoms with Gasteiger partial charge in [-0.2, -0.15) is 0 Å². The van der Waals surface area contributed by atoms with Gasteiger partial charge in [0.2, 0.25) is 5.91 Å². The summed E-state index contributed by atoms with van der Waals surface area (Å²) in [5.74, 6) is 1.12. The largest absolute Gasteiger partial charge is 0.350 e. The Balaban J connectivity index is 2.59. The third-order valence-electron chi connectivity index (χ3n) is 4.20. The minimum atomic E-state index is -0.191. The summed E-state index contributed by atoms with van der Waals surface area (Å²) in [5.41, 5.74) is -0.191. The smallest absolute Gasteiger partial charge is 0.237 e. The van der Waals surface area contributed by atoms with Crippen molar-refractivity contribution in [3.63, 3.8) is 0 Å². The van der Waals surface area contributed by atoms with Gasteiger partial charge in [0.15, 0.2) is 0 Å². The van der Waals surface area contributed by atoms with Crippen molar-refractivity contribution in [2.24, 2.45) is 0 Å². The van der Waals surface area contributed by atoms with Crippen LogP contribution < -0.4 is 5.32 Å². The predicted octanol–water partition coefficient (Wildman–Crippen LogP) is 5.73. The van der Waals surface area contributed by atoms with Crippen molar-refractivity contribution >= 4 is 33.6 Å². The number of halogens is 1. The molecule has 1 aromatic carbocycles. The molecule has 1 unspecified atom stereocenters. The molecular formula is C21H35BrN2OS. The molecule has 0 aliphatic carbocycles. The zero-order chi connectivity index (χ0) is 19.6. The van der Waals surface area contributed by atoms with Crippen LogP contribution in [0.25, 0.3) is 0 Å². The molecule has 1 amide bonds. The van der Waals surface area contributed by atoms with Crippen molar-refractivity contribution in [3.05, 3.63) is 28.7 Å². The van der Waals surface area contributed by atoms with Crippen molar-refractivity contribution in [2.75, 3.05) is 19.3 Å². The quantitative estimate of drug-likeness (QED) is 0.350. The van der Waals surface area contributed by atoms with E-state index in [-0.39, 0.29) is 17.5 Å². The number of unbranched alkanes of at least 4 members (excludes halogenated alkanes) is 3. The number of likely N-dealkylation sites (N-methyl/N-ethyl adjacent to an activating group) is 1. The molecule has 1 aromatic rings. The molecule has 148 valence electrons. The van der Waals surface area contributed by atoms with Crippen LogP contribution in [0.4, 0.5) is 0 Å². The van der Waals surface area contributed by atoms with E-state index in [0.717, 1.165) is 29.6 Å². The van der Waals surface area contributed by atoms with Crippen molar-refractivity contribution in [3.8, 4) is 0 Å². The fourth-order valence-electron chi connectivity index (χ4n) is 2.79. The van der Waals surface area contributed by atoms with E-state index in [2.05, 4.69) is 58.3 Å². The number of carbonyl (C=O) groups is 1. The van der Waals surface area contributed by atoms with Crippen LogP contribution in [-0.4, -0.2) is 41.7 Å². The molecule has 0 bridgehead atoms. The average Bonchev–Trinajstić information content (AvgIpc) is 2.54. The number of benzene rings is 1. The van der Waals surface area contributed by atoms with Crippen molar-refractivity contribution in [2.45, 2.75) is 76.3 Å². The first-order valence-electron chi connectivity index (χ1n) is 9.64. The Morgan fingerprint density at radius 3 is 2.54 bits per heavy atom. The van der Waals surface area contributed by atoms with Crippen LogP contribution in [0.5, 0.6) is 0 Å². The lowest BCUT2D eigenvalue weighted by molar-refractivity contribution is -0.127. The summed E-state index contributed by atoms with van der Waals surface area (Å²) >= 11 is 5.43. The van der Waals surface area contributed by atoms with Gasteiger partial charge in [0, 0.05) is 27.2 Å². The molecule has 1 atom stereocenters. The van der Waals surface area contributed by atoms with Crippen LogP contribution in [0.1, 0.15) is 59.8 Å². The lowest BCUT2D eigenvalue weighted by Crippen LogP contribution is -2.51. The molecule has 0 fully saturated rings. The van der Waals surface area contributed by atoms with E-state index in [4.69, 9.17) is 0 Å². The normalized spacial score (nSPS) is 13.0. The molecule has 5 heteroatoms. The van der Waals surface area contributed by atoms with Gasteiger partial charge in [-0.3, -0.25) is 9.69 Å². The topological polar surface area (TPSA) is 32.3 Å². The number of rotatable bonds is 11. The highest BCUT2D eigenvalue weighted by Crippen LogP contribution is 2.27. The molecule has 26 heavy (non-hydrogen) atoms. The van der Waals surface area contributed by atoms with E-state index < -0.39 is 0 Å². The average molecular weight is 443 g/mol. The Morgan fingerprint density at radius 2 is 1.92 bits per heavy atom. The molecular weight excluding hydrogens is 408 g/mol. The number of nitrogens with one attached hydrogen (secondary N) is 1. The van der Waals surface area contributed by atoms with Gasteiger partial charge in [-0.05, 0) is 62.3 Å². The van der Waals surface area contributed by atoms with Gasteiger partial charge in [0.1, 0.15) is 0 Å². The summed E-state index contributed by atoms with van der Waals surface area (Å²) in [5, 5.41) is 3.16. The minimum Gasteiger partial charge on any atom is -0.350 e. The molecule has 1 rings (SSSR count). The molecule has 0 saturated heterocycles. The van der Waals surface area contributed by atoms with Crippen LogP contribution >= 0.6 is 27.7 Å². The van der Waals surface area contributed by atoms with E-state index in [1.165, 1.54) is 24.2 Å². The van der Waals surface area contributed by atoms with Crippen molar-refractivity contribution in [1.82, 2.24) is 10.2 Å². The predicted molar refractivity (Wildman–Crippen MR) is 118 cm³/mol. The number of thioether (sulfide) groups is 1. The van der Waals surface area contributed by atoms with E-state index in [1.807, 2.05) is 38.6 Å². The molecule has 0 spiro atoms. The SMILES string of the molecule is CCCCCCC(C(=O)NC(C)(C)C)N(C)CCSc1ccccc1Br. The van der Waals surface area contributed by atoms with Gasteiger partial charge in [0.05, 0.1) is 6.04 Å². The monoisotopic (exact) mass is 442 g/mol. The maximum absolute atomic E-state index is 12.8. The molecule has 0 radical (unpaired) electrons. The highest BCUT2D eigenvalue weighted by atomic mass is 79.9. The van der Waals surface area contributed by atoms with E-state index >= 15 is 0 Å². The van der Waals surface area contributed by atoms with Crippen LogP contribution in [-0.2, 0) is 4.79 Å². The number of amides is 1. The Kier molecular flexibility index (Phi) is 10.9. The maximum atomic E-state index is 12.8. The number of hydrogen-bond donors (Lipinski definition) is 1. The maximum Gasteiger partial charge on any atom is 0.237 e. The third-order valence-corrected chi connectivity index (χ3v) is 6.21. The van der Waals surface area contributed by atoms with E-state index in [1.54, 1.807) is 0 Å². The van der Waals surface area contributed by atoms with Gasteiger partial charge < -0.3 is 5.32 Å². The fourth-order valence-corrected chi connectivity index (χ4v) is 4.39. The number of hydrogen-bond acceptors (Lipinski definition) is 3. The van der Waals surface area contributed by atoms with Crippen LogP contribution in [0.2, 0.25) is 0 Å². The van der Waals surface area contributed by atoms with Gasteiger partial charge in [-0.1, -0.05) is 44.7 Å². The Labute approximate surface area is 172 Å². The van der Waals surface area contributed by atoms with Crippen LogP contribution in [0, 0.1) is 0 Å². The van der Waals surface area contributed by atoms with E-state index in [0.29, 0.717) is 0 Å². The molecule has 3 nitrogen and oxygen atoms in total. The standard InChI is InChI=1S/C21H35BrN2OS/c1-6-7-8-9-13-18(20(25)23-21(2,3)4)24(5)15-16-26-19-14-11-10-12-17(19)22/h10-12,14,18H,6-9,13,15-16H2,1-5H3,(H,23,25). The summed E-state index contributed by atoms with van der Waals surface area (Å²) < 4.78 is 1.13. The summed E-state index contributed by atoms with van der Waals surface area (Å²) in [6.45, 7) is 9.24. The third kappa shape index (κ3) is 9.43. The van der Waals surface area contributed by atoms with Gasteiger partial charge in [-0.25, -0.2) is 0 Å². The fraction of sp³-hybridized carbons (Fsp3) is 0.667. The second-order valence-electron chi connectivity index (χ2n) is 7.86. The molecule has 1 N–H and O–H groups in total. The lowest BCUT2D eigenvalue weighted by Gasteiger charge is -2.30. The zero-order valence-corrected chi connectivity index (χ0v) is 19.4. The summed E-state index contributed by atoms with van der Waals surface area (Å²) in [7, 11) is 2.08. The lowest BCUT2D eigenvalue weighted by atomic mass is 10.0. The second kappa shape index (κ2) is 12.0. The summed E-state index contributed by atoms with van der Waals surface area (Å²) in [6, 6.07) is 8.24. The molecule has 0 aliphatic rings. The highest BCUT2D eigenvalue weighted by molar-refractivity contribution is 9.10. The Hall–Kier alpha value is -0.520. The van der Waals surface area contributed by atoms with Gasteiger partial charge >= 0.3 is 0 Å². The molecule has 0 aromatic heterocycles. The first-order chi connectivity index (χ1) is 12.2. The molecule has 0 aliphatic heterocycles. The van der Waals surface area contributed by atoms with Crippen molar-refractivity contribution < 1.29 is 4.79 Å². The minimum absolute atomic E-state index is 0.0501. The molecule has 0 heterocycles. The van der Waals surface area contributed by atoms with Gasteiger partial charge in [0.25, 0.3) is 0 Å². The Morgan fingerprint density at radius 1 is 1.23 bits per heavy atom. The summed E-state index contributed by atoms with van der Waals surface area (Å²) in [6.07, 6.45) is 5.71. The first kappa shape index (κ1) is 23.5. The Bertz CT molecular complexity index is 545. The zero-order valence-electron chi connectivity index (χ0n) is 17.0.